The van der Waals surface area contributed by atoms with Crippen LogP contribution in [0.5, 0.6) is 0 Å². The topological polar surface area (TPSA) is 126 Å². The maximum absolute atomic E-state index is 12.6. The summed E-state index contributed by atoms with van der Waals surface area (Å²) in [4.78, 5) is 28.8. The Morgan fingerprint density at radius 2 is 1.94 bits per heavy atom. The Morgan fingerprint density at radius 3 is 2.69 bits per heavy atom. The minimum atomic E-state index is -3.48. The van der Waals surface area contributed by atoms with Crippen LogP contribution in [0.2, 0.25) is 5.02 Å². The van der Waals surface area contributed by atoms with Gasteiger partial charge in [-0.3, -0.25) is 15.4 Å². The summed E-state index contributed by atoms with van der Waals surface area (Å²) in [5.74, 6) is -0.708. The lowest BCUT2D eigenvalue weighted by Gasteiger charge is -2.06. The summed E-state index contributed by atoms with van der Waals surface area (Å²) in [5.41, 5.74) is 0.695. The zero-order valence-electron chi connectivity index (χ0n) is 17.1. The van der Waals surface area contributed by atoms with Gasteiger partial charge in [0.05, 0.1) is 38.1 Å². The molecule has 0 atom stereocenters. The minimum absolute atomic E-state index is 0.0569. The molecule has 3 aromatic rings. The molecule has 2 aromatic carbocycles. The lowest BCUT2D eigenvalue weighted by molar-refractivity contribution is 0.0967. The van der Waals surface area contributed by atoms with Gasteiger partial charge in [0.1, 0.15) is 0 Å². The van der Waals surface area contributed by atoms with E-state index >= 15 is 0 Å². The van der Waals surface area contributed by atoms with Gasteiger partial charge in [-0.25, -0.2) is 18.2 Å². The van der Waals surface area contributed by atoms with E-state index in [9.17, 15) is 18.0 Å². The predicted octanol–water partition coefficient (Wildman–Crippen LogP) is 2.92. The summed E-state index contributed by atoms with van der Waals surface area (Å²) in [6, 6.07) is 10.2. The smallest absolute Gasteiger partial charge is 0.327 e. The molecule has 3 N–H and O–H groups in total. The number of carbonyl (C=O) groups is 2. The van der Waals surface area contributed by atoms with Gasteiger partial charge in [-0.15, -0.1) is 0 Å². The number of fused-ring (bicyclic) bond motifs is 1. The van der Waals surface area contributed by atoms with Crippen LogP contribution in [0.15, 0.2) is 47.4 Å². The highest BCUT2D eigenvalue weighted by Crippen LogP contribution is 2.28. The number of amides is 3. The summed E-state index contributed by atoms with van der Waals surface area (Å²) < 4.78 is 30.6. The second-order valence-electron chi connectivity index (χ2n) is 6.60. The third-order valence-corrected chi connectivity index (χ3v) is 7.29. The quantitative estimate of drug-likeness (QED) is 0.389. The average molecular weight is 497 g/mol. The average Bonchev–Trinajstić information content (AvgIpc) is 3.15. The Hall–Kier alpha value is -2.57. The second kappa shape index (κ2) is 10.8. The minimum Gasteiger partial charge on any atom is -0.383 e. The number of ether oxygens (including phenoxy) is 1. The highest BCUT2D eigenvalue weighted by atomic mass is 35.5. The van der Waals surface area contributed by atoms with E-state index in [2.05, 4.69) is 20.9 Å². The van der Waals surface area contributed by atoms with Gasteiger partial charge in [-0.1, -0.05) is 35.1 Å². The molecule has 9 nitrogen and oxygen atoms in total. The van der Waals surface area contributed by atoms with Crippen LogP contribution in [0, 0.1) is 0 Å². The number of hydrogen-bond acceptors (Lipinski definition) is 8. The molecule has 0 spiro atoms. The van der Waals surface area contributed by atoms with Crippen molar-refractivity contribution in [2.75, 3.05) is 37.9 Å². The maximum Gasteiger partial charge on any atom is 0.327 e. The molecule has 3 amide bonds. The molecule has 1 heterocycles. The summed E-state index contributed by atoms with van der Waals surface area (Å²) >= 11 is 7.06. The first-order valence-electron chi connectivity index (χ1n) is 9.50. The van der Waals surface area contributed by atoms with Crippen molar-refractivity contribution in [1.82, 2.24) is 15.6 Å². The third kappa shape index (κ3) is 6.24. The van der Waals surface area contributed by atoms with E-state index in [4.69, 9.17) is 16.3 Å². The highest BCUT2D eigenvalue weighted by molar-refractivity contribution is 7.91. The van der Waals surface area contributed by atoms with Gasteiger partial charge in [-0.05, 0) is 30.3 Å². The number of urea groups is 1. The van der Waals surface area contributed by atoms with E-state index in [1.165, 1.54) is 18.2 Å². The van der Waals surface area contributed by atoms with Crippen molar-refractivity contribution in [3.63, 3.8) is 0 Å². The molecular formula is C20H21ClN4O5S2. The number of thiazole rings is 1. The predicted molar refractivity (Wildman–Crippen MR) is 124 cm³/mol. The number of methoxy groups -OCH3 is 1. The highest BCUT2D eigenvalue weighted by Gasteiger charge is 2.17. The van der Waals surface area contributed by atoms with Gasteiger partial charge in [0.2, 0.25) is 0 Å². The molecule has 0 bridgehead atoms. The van der Waals surface area contributed by atoms with Gasteiger partial charge < -0.3 is 10.1 Å². The molecule has 0 unspecified atom stereocenters. The molecule has 32 heavy (non-hydrogen) atoms. The molecule has 0 saturated carbocycles. The summed E-state index contributed by atoms with van der Waals surface area (Å²) in [7, 11) is -1.91. The Kier molecular flexibility index (Phi) is 8.15. The molecule has 0 aliphatic rings. The van der Waals surface area contributed by atoms with Crippen LogP contribution in [0.4, 0.5) is 9.93 Å². The molecule has 1 aromatic heterocycles. The van der Waals surface area contributed by atoms with Crippen LogP contribution < -0.4 is 16.0 Å². The number of carbonyl (C=O) groups excluding carboxylic acids is 2. The van der Waals surface area contributed by atoms with Crippen molar-refractivity contribution in [1.29, 1.82) is 0 Å². The molecule has 3 rings (SSSR count). The van der Waals surface area contributed by atoms with Crippen LogP contribution >= 0.6 is 22.9 Å². The van der Waals surface area contributed by atoms with E-state index in [-0.39, 0.29) is 26.4 Å². The van der Waals surface area contributed by atoms with Crippen molar-refractivity contribution < 1.29 is 22.7 Å². The van der Waals surface area contributed by atoms with Crippen molar-refractivity contribution >= 4 is 60.1 Å². The number of aromatic nitrogens is 1. The fourth-order valence-corrected chi connectivity index (χ4v) is 5.14. The van der Waals surface area contributed by atoms with E-state index in [0.29, 0.717) is 29.9 Å². The van der Waals surface area contributed by atoms with E-state index in [1.807, 2.05) is 0 Å². The van der Waals surface area contributed by atoms with Gasteiger partial charge >= 0.3 is 6.03 Å². The molecule has 0 aliphatic carbocycles. The molecule has 0 saturated heterocycles. The van der Waals surface area contributed by atoms with Crippen LogP contribution in [-0.2, 0) is 14.6 Å². The number of hydrogen-bond donors (Lipinski definition) is 3. The van der Waals surface area contributed by atoms with Gasteiger partial charge in [0.25, 0.3) is 5.91 Å². The standard InChI is InChI=1S/C20H21ClN4O5S2/c1-30-10-8-22-9-11-32(28,29)13-6-7-16-17(12-13)31-20(23-16)25-19(27)24-18(26)14-4-2-3-5-15(14)21/h2-7,12,22H,8-11H2,1H3,(H2,23,24,25,26,27). The van der Waals surface area contributed by atoms with E-state index < -0.39 is 21.8 Å². The summed E-state index contributed by atoms with van der Waals surface area (Å²) in [6.45, 7) is 1.37. The van der Waals surface area contributed by atoms with Crippen molar-refractivity contribution in [2.24, 2.45) is 0 Å². The fourth-order valence-electron chi connectivity index (χ4n) is 2.72. The number of halogens is 1. The van der Waals surface area contributed by atoms with Crippen LogP contribution in [-0.4, -0.2) is 57.9 Å². The van der Waals surface area contributed by atoms with Crippen molar-refractivity contribution in [2.45, 2.75) is 4.90 Å². The zero-order valence-corrected chi connectivity index (χ0v) is 19.4. The molecule has 0 aliphatic heterocycles. The Morgan fingerprint density at radius 1 is 1.16 bits per heavy atom. The molecule has 170 valence electrons. The number of sulfone groups is 1. The Labute approximate surface area is 194 Å². The number of nitrogens with one attached hydrogen (secondary N) is 3. The number of anilines is 1. The first-order valence-corrected chi connectivity index (χ1v) is 12.3. The van der Waals surface area contributed by atoms with Gasteiger partial charge in [-0.2, -0.15) is 0 Å². The SMILES string of the molecule is COCCNCCS(=O)(=O)c1ccc2nc(NC(=O)NC(=O)c3ccccc3Cl)sc2c1. The van der Waals surface area contributed by atoms with Crippen LogP contribution in [0.3, 0.4) is 0 Å². The first kappa shape index (κ1) is 24.1. The molecule has 0 fully saturated rings. The first-order chi connectivity index (χ1) is 15.3. The number of benzene rings is 2. The maximum atomic E-state index is 12.6. The Bertz CT molecular complexity index is 1230. The molecule has 0 radical (unpaired) electrons. The normalized spacial score (nSPS) is 11.4. The van der Waals surface area contributed by atoms with Crippen LogP contribution in [0.1, 0.15) is 10.4 Å². The van der Waals surface area contributed by atoms with Crippen LogP contribution in [0.25, 0.3) is 10.2 Å². The molecular weight excluding hydrogens is 476 g/mol. The number of imide groups is 1. The zero-order chi connectivity index (χ0) is 23.1. The molecule has 12 heteroatoms. The number of rotatable bonds is 9. The lowest BCUT2D eigenvalue weighted by Crippen LogP contribution is -2.34. The second-order valence-corrected chi connectivity index (χ2v) is 10.1. The number of nitrogens with zero attached hydrogens (tertiary/aromatic N) is 1. The van der Waals surface area contributed by atoms with Crippen molar-refractivity contribution in [3.8, 4) is 0 Å². The summed E-state index contributed by atoms with van der Waals surface area (Å²) in [6.07, 6.45) is 0. The van der Waals surface area contributed by atoms with Crippen molar-refractivity contribution in [3.05, 3.63) is 53.1 Å². The monoisotopic (exact) mass is 496 g/mol. The summed E-state index contributed by atoms with van der Waals surface area (Å²) in [5, 5.41) is 8.12. The Balaban J connectivity index is 1.65. The van der Waals surface area contributed by atoms with E-state index in [0.717, 1.165) is 11.3 Å². The largest absolute Gasteiger partial charge is 0.383 e. The third-order valence-electron chi connectivity index (χ3n) is 4.32. The lowest BCUT2D eigenvalue weighted by atomic mass is 10.2. The van der Waals surface area contributed by atoms with Gasteiger partial charge in [0.15, 0.2) is 15.0 Å². The van der Waals surface area contributed by atoms with E-state index in [1.54, 1.807) is 31.4 Å². The fraction of sp³-hybridized carbons (Fsp3) is 0.250. The van der Waals surface area contributed by atoms with Gasteiger partial charge in [0, 0.05) is 20.2 Å².